The van der Waals surface area contributed by atoms with Crippen molar-refractivity contribution in [3.05, 3.63) is 24.3 Å². The van der Waals surface area contributed by atoms with Gasteiger partial charge in [-0.1, -0.05) is 0 Å². The third-order valence-corrected chi connectivity index (χ3v) is 5.19. The minimum Gasteiger partial charge on any atom is -0.497 e. The molecule has 2 atom stereocenters. The van der Waals surface area contributed by atoms with Crippen molar-refractivity contribution in [1.29, 1.82) is 0 Å². The zero-order chi connectivity index (χ0) is 17.2. The van der Waals surface area contributed by atoms with Crippen LogP contribution in [0.5, 0.6) is 11.5 Å². The van der Waals surface area contributed by atoms with Gasteiger partial charge in [0.1, 0.15) is 18.1 Å². The Bertz CT molecular complexity index is 507. The molecule has 0 aromatic heterocycles. The van der Waals surface area contributed by atoms with Crippen LogP contribution in [0.3, 0.4) is 0 Å². The van der Waals surface area contributed by atoms with Gasteiger partial charge in [-0.05, 0) is 56.7 Å². The third kappa shape index (κ3) is 6.15. The van der Waals surface area contributed by atoms with Gasteiger partial charge in [0.15, 0.2) is 5.96 Å². The number of thioether (sulfide) groups is 1. The van der Waals surface area contributed by atoms with Crippen molar-refractivity contribution in [1.82, 2.24) is 10.6 Å². The molecule has 2 N–H and O–H groups in total. The molecule has 0 bridgehead atoms. The summed E-state index contributed by atoms with van der Waals surface area (Å²) in [5, 5.41) is 7.65. The maximum atomic E-state index is 5.72. The van der Waals surface area contributed by atoms with Crippen LogP contribution in [0.4, 0.5) is 0 Å². The van der Waals surface area contributed by atoms with Gasteiger partial charge < -0.3 is 20.1 Å². The zero-order valence-corrected chi connectivity index (χ0v) is 15.7. The molecular weight excluding hydrogens is 322 g/mol. The smallest absolute Gasteiger partial charge is 0.191 e. The first kappa shape index (κ1) is 18.8. The number of ether oxygens (including phenoxy) is 2. The molecule has 0 heterocycles. The highest BCUT2D eigenvalue weighted by Crippen LogP contribution is 2.28. The zero-order valence-electron chi connectivity index (χ0n) is 14.9. The standard InChI is InChI=1S/C18H29N3O2S/c1-4-19-18(21-14-5-10-17(13-14)24-3)20-11-12-23-16-8-6-15(22-2)7-9-16/h6-9,14,17H,4-5,10-13H2,1-3H3,(H2,19,20,21). The number of benzene rings is 1. The van der Waals surface area contributed by atoms with Crippen molar-refractivity contribution >= 4 is 17.7 Å². The summed E-state index contributed by atoms with van der Waals surface area (Å²) in [6.07, 6.45) is 5.92. The van der Waals surface area contributed by atoms with Crippen LogP contribution < -0.4 is 20.1 Å². The predicted octanol–water partition coefficient (Wildman–Crippen LogP) is 2.91. The highest BCUT2D eigenvalue weighted by atomic mass is 32.2. The van der Waals surface area contributed by atoms with Gasteiger partial charge >= 0.3 is 0 Å². The van der Waals surface area contributed by atoms with Crippen LogP contribution in [0.15, 0.2) is 29.3 Å². The Morgan fingerprint density at radius 2 is 2.00 bits per heavy atom. The number of aliphatic imine (C=N–C) groups is 1. The number of hydrogen-bond acceptors (Lipinski definition) is 4. The monoisotopic (exact) mass is 351 g/mol. The second kappa shape index (κ2) is 10.3. The van der Waals surface area contributed by atoms with Gasteiger partial charge in [-0.25, -0.2) is 4.99 Å². The summed E-state index contributed by atoms with van der Waals surface area (Å²) in [7, 11) is 1.66. The fraction of sp³-hybridized carbons (Fsp3) is 0.611. The molecule has 1 fully saturated rings. The van der Waals surface area contributed by atoms with Crippen molar-refractivity contribution in [3.63, 3.8) is 0 Å². The van der Waals surface area contributed by atoms with E-state index in [1.54, 1.807) is 7.11 Å². The SMILES string of the molecule is CCNC(=NCCOc1ccc(OC)cc1)NC1CCC(SC)C1. The maximum Gasteiger partial charge on any atom is 0.191 e. The molecule has 1 aliphatic rings. The van der Waals surface area contributed by atoms with Crippen molar-refractivity contribution in [3.8, 4) is 11.5 Å². The summed E-state index contributed by atoms with van der Waals surface area (Å²) in [5.74, 6) is 2.56. The molecule has 0 amide bonds. The molecule has 1 aromatic carbocycles. The lowest BCUT2D eigenvalue weighted by atomic mass is 10.2. The van der Waals surface area contributed by atoms with E-state index < -0.39 is 0 Å². The van der Waals surface area contributed by atoms with Crippen molar-refractivity contribution in [2.45, 2.75) is 37.5 Å². The van der Waals surface area contributed by atoms with E-state index in [4.69, 9.17) is 9.47 Å². The lowest BCUT2D eigenvalue weighted by Gasteiger charge is -2.17. The van der Waals surface area contributed by atoms with Crippen LogP contribution in [-0.4, -0.2) is 50.3 Å². The number of methoxy groups -OCH3 is 1. The van der Waals surface area contributed by atoms with E-state index in [2.05, 4.69) is 28.8 Å². The lowest BCUT2D eigenvalue weighted by Crippen LogP contribution is -2.42. The molecule has 2 rings (SSSR count). The third-order valence-electron chi connectivity index (χ3n) is 4.09. The molecule has 1 saturated carbocycles. The summed E-state index contributed by atoms with van der Waals surface area (Å²) in [5.41, 5.74) is 0. The van der Waals surface area contributed by atoms with Gasteiger partial charge in [-0.2, -0.15) is 11.8 Å². The summed E-state index contributed by atoms with van der Waals surface area (Å²) < 4.78 is 10.9. The first-order valence-corrected chi connectivity index (χ1v) is 9.88. The number of nitrogens with one attached hydrogen (secondary N) is 2. The molecule has 24 heavy (non-hydrogen) atoms. The van der Waals surface area contributed by atoms with E-state index in [0.29, 0.717) is 19.2 Å². The topological polar surface area (TPSA) is 54.9 Å². The molecule has 1 aromatic rings. The first-order valence-electron chi connectivity index (χ1n) is 8.59. The van der Waals surface area contributed by atoms with Crippen LogP contribution in [0.1, 0.15) is 26.2 Å². The van der Waals surface area contributed by atoms with Gasteiger partial charge in [0.2, 0.25) is 0 Å². The Morgan fingerprint density at radius 3 is 2.62 bits per heavy atom. The quantitative estimate of drug-likeness (QED) is 0.428. The fourth-order valence-corrected chi connectivity index (χ4v) is 3.59. The number of rotatable bonds is 8. The van der Waals surface area contributed by atoms with Gasteiger partial charge in [0, 0.05) is 17.8 Å². The van der Waals surface area contributed by atoms with E-state index in [9.17, 15) is 0 Å². The molecule has 2 unspecified atom stereocenters. The molecule has 134 valence electrons. The van der Waals surface area contributed by atoms with E-state index in [0.717, 1.165) is 29.3 Å². The molecule has 0 aliphatic heterocycles. The van der Waals surface area contributed by atoms with Crippen LogP contribution in [0.25, 0.3) is 0 Å². The van der Waals surface area contributed by atoms with Gasteiger partial charge in [0.05, 0.1) is 13.7 Å². The Balaban J connectivity index is 1.75. The number of hydrogen-bond donors (Lipinski definition) is 2. The fourth-order valence-electron chi connectivity index (χ4n) is 2.79. The van der Waals surface area contributed by atoms with Gasteiger partial charge in [-0.3, -0.25) is 0 Å². The van der Waals surface area contributed by atoms with Crippen molar-refractivity contribution in [2.75, 3.05) is 33.1 Å². The molecule has 6 heteroatoms. The Kier molecular flexibility index (Phi) is 8.08. The first-order chi connectivity index (χ1) is 11.7. The molecule has 0 spiro atoms. The normalized spacial score (nSPS) is 20.7. The summed E-state index contributed by atoms with van der Waals surface area (Å²) >= 11 is 1.97. The number of guanidine groups is 1. The van der Waals surface area contributed by atoms with E-state index in [-0.39, 0.29) is 0 Å². The lowest BCUT2D eigenvalue weighted by molar-refractivity contribution is 0.327. The molecule has 0 radical (unpaired) electrons. The second-order valence-electron chi connectivity index (χ2n) is 5.80. The minimum absolute atomic E-state index is 0.530. The Labute approximate surface area is 149 Å². The summed E-state index contributed by atoms with van der Waals surface area (Å²) in [4.78, 5) is 4.61. The predicted molar refractivity (Wildman–Crippen MR) is 103 cm³/mol. The molecule has 1 aliphatic carbocycles. The van der Waals surface area contributed by atoms with Gasteiger partial charge in [-0.15, -0.1) is 0 Å². The summed E-state index contributed by atoms with van der Waals surface area (Å²) in [6, 6.07) is 8.14. The van der Waals surface area contributed by atoms with Crippen LogP contribution in [-0.2, 0) is 0 Å². The Morgan fingerprint density at radius 1 is 1.25 bits per heavy atom. The second-order valence-corrected chi connectivity index (χ2v) is 6.93. The minimum atomic E-state index is 0.530. The van der Waals surface area contributed by atoms with Crippen LogP contribution in [0, 0.1) is 0 Å². The molecule has 0 saturated heterocycles. The highest BCUT2D eigenvalue weighted by Gasteiger charge is 2.24. The highest BCUT2D eigenvalue weighted by molar-refractivity contribution is 7.99. The average molecular weight is 352 g/mol. The Hall–Kier alpha value is -1.56. The van der Waals surface area contributed by atoms with Crippen molar-refractivity contribution in [2.24, 2.45) is 4.99 Å². The van der Waals surface area contributed by atoms with E-state index in [1.165, 1.54) is 19.3 Å². The van der Waals surface area contributed by atoms with Crippen LogP contribution in [0.2, 0.25) is 0 Å². The molecular formula is C18H29N3O2S. The van der Waals surface area contributed by atoms with E-state index in [1.807, 2.05) is 36.0 Å². The van der Waals surface area contributed by atoms with Crippen LogP contribution >= 0.6 is 11.8 Å². The average Bonchev–Trinajstić information content (AvgIpc) is 3.07. The maximum absolute atomic E-state index is 5.72. The van der Waals surface area contributed by atoms with E-state index >= 15 is 0 Å². The largest absolute Gasteiger partial charge is 0.497 e. The summed E-state index contributed by atoms with van der Waals surface area (Å²) in [6.45, 7) is 4.13. The van der Waals surface area contributed by atoms with Crippen molar-refractivity contribution < 1.29 is 9.47 Å². The number of nitrogens with zero attached hydrogens (tertiary/aromatic N) is 1. The van der Waals surface area contributed by atoms with Gasteiger partial charge in [0.25, 0.3) is 0 Å². The molecule has 5 nitrogen and oxygen atoms in total.